The molecule has 0 bridgehead atoms. The Morgan fingerprint density at radius 3 is 1.77 bits per heavy atom. The van der Waals surface area contributed by atoms with Gasteiger partial charge in [0.1, 0.15) is 17.0 Å². The maximum atomic E-state index is 6.36. The lowest BCUT2D eigenvalue weighted by Gasteiger charge is -2.20. The summed E-state index contributed by atoms with van der Waals surface area (Å²) in [6.07, 6.45) is 0. The molecule has 0 saturated carbocycles. The zero-order valence-electron chi connectivity index (χ0n) is 33.6. The molecule has 0 aliphatic heterocycles. The average molecular weight is 773 g/mol. The second kappa shape index (κ2) is 14.0. The molecule has 0 fully saturated rings. The van der Waals surface area contributed by atoms with Crippen molar-refractivity contribution in [1.82, 2.24) is 19.5 Å². The summed E-state index contributed by atoms with van der Waals surface area (Å²) in [6.45, 7) is 6.52. The Labute approximate surface area is 348 Å². The van der Waals surface area contributed by atoms with Gasteiger partial charge in [0.2, 0.25) is 0 Å². The van der Waals surface area contributed by atoms with E-state index in [9.17, 15) is 0 Å². The molecule has 286 valence electrons. The third kappa shape index (κ3) is 5.81. The quantitative estimate of drug-likeness (QED) is 0.179. The summed E-state index contributed by atoms with van der Waals surface area (Å²) in [5.74, 6) is 1.97. The van der Waals surface area contributed by atoms with Crippen LogP contribution in [0.25, 0.3) is 94.5 Å². The van der Waals surface area contributed by atoms with Crippen molar-refractivity contribution in [2.45, 2.75) is 26.2 Å². The first-order chi connectivity index (χ1) is 29.4. The predicted molar refractivity (Wildman–Crippen MR) is 246 cm³/mol. The van der Waals surface area contributed by atoms with Crippen LogP contribution in [-0.2, 0) is 5.41 Å². The topological polar surface area (TPSA) is 56.7 Å². The molecule has 8 aromatic carbocycles. The largest absolute Gasteiger partial charge is 0.456 e. The number of para-hydroxylation sites is 2. The lowest BCUT2D eigenvalue weighted by molar-refractivity contribution is 0.660. The minimum absolute atomic E-state index is 0.160. The van der Waals surface area contributed by atoms with E-state index in [4.69, 9.17) is 14.4 Å². The maximum Gasteiger partial charge on any atom is 0.164 e. The highest BCUT2D eigenvalue weighted by Crippen LogP contribution is 2.48. The molecule has 0 N–H and O–H groups in total. The molecule has 3 aromatic heterocycles. The third-order valence-corrected chi connectivity index (χ3v) is 12.0. The van der Waals surface area contributed by atoms with Crippen molar-refractivity contribution in [3.8, 4) is 50.7 Å². The van der Waals surface area contributed by atoms with Gasteiger partial charge in [-0.25, -0.2) is 15.0 Å². The summed E-state index contributed by atoms with van der Waals surface area (Å²) in [6, 6.07) is 65.9. The Hall–Kier alpha value is -7.63. The fourth-order valence-corrected chi connectivity index (χ4v) is 9.19. The van der Waals surface area contributed by atoms with Crippen molar-refractivity contribution in [2.75, 3.05) is 0 Å². The Morgan fingerprint density at radius 2 is 1.02 bits per heavy atom. The number of hydrogen-bond acceptors (Lipinski definition) is 4. The number of hydrogen-bond donors (Lipinski definition) is 0. The smallest absolute Gasteiger partial charge is 0.164 e. The van der Waals surface area contributed by atoms with Crippen molar-refractivity contribution >= 4 is 43.7 Å². The zero-order chi connectivity index (χ0) is 40.4. The Morgan fingerprint density at radius 1 is 0.433 bits per heavy atom. The van der Waals surface area contributed by atoms with Crippen LogP contribution in [0.15, 0.2) is 192 Å². The summed E-state index contributed by atoms with van der Waals surface area (Å²) < 4.78 is 8.70. The molecule has 1 aliphatic carbocycles. The van der Waals surface area contributed by atoms with Gasteiger partial charge < -0.3 is 8.98 Å². The molecule has 0 radical (unpaired) electrons. The van der Waals surface area contributed by atoms with Gasteiger partial charge in [0.05, 0.1) is 11.0 Å². The molecule has 12 rings (SSSR count). The van der Waals surface area contributed by atoms with Gasteiger partial charge in [0.25, 0.3) is 0 Å². The van der Waals surface area contributed by atoms with E-state index >= 15 is 0 Å². The van der Waals surface area contributed by atoms with Crippen molar-refractivity contribution < 1.29 is 4.42 Å². The first kappa shape index (κ1) is 35.5. The fraction of sp³-hybridized carbons (Fsp3) is 0.0727. The molecule has 0 atom stereocenters. The van der Waals surface area contributed by atoms with E-state index in [1.807, 2.05) is 49.4 Å². The Bertz CT molecular complexity index is 3370. The molecule has 0 saturated heterocycles. The third-order valence-electron chi connectivity index (χ3n) is 12.0. The van der Waals surface area contributed by atoms with Crippen LogP contribution in [-0.4, -0.2) is 19.5 Å². The highest BCUT2D eigenvalue weighted by molar-refractivity contribution is 6.14. The molecule has 0 spiro atoms. The van der Waals surface area contributed by atoms with Crippen LogP contribution in [0.5, 0.6) is 0 Å². The average Bonchev–Trinajstić information content (AvgIpc) is 3.92. The van der Waals surface area contributed by atoms with Gasteiger partial charge in [-0.2, -0.15) is 0 Å². The minimum atomic E-state index is 0.160. The second-order valence-corrected chi connectivity index (χ2v) is 16.0. The second-order valence-electron chi connectivity index (χ2n) is 16.0. The molecule has 60 heavy (non-hydrogen) atoms. The van der Waals surface area contributed by atoms with E-state index in [1.54, 1.807) is 0 Å². The summed E-state index contributed by atoms with van der Waals surface area (Å²) in [5.41, 5.74) is 15.2. The first-order valence-corrected chi connectivity index (χ1v) is 20.4. The number of aryl methyl sites for hydroxylation is 1. The van der Waals surface area contributed by atoms with Crippen LogP contribution in [0, 0.1) is 6.92 Å². The van der Waals surface area contributed by atoms with E-state index in [0.717, 1.165) is 49.9 Å². The van der Waals surface area contributed by atoms with Gasteiger partial charge in [0, 0.05) is 43.8 Å². The SMILES string of the molecule is CC1(C)c2ccccc2-c2ccccc21.Cc1nc(-c2ccccc2)nc(-c2cccc3oc4ccc(-c5ccc6c(c5)c5ccccc5n6-c5ccccc5)cc4c23)n1. The lowest BCUT2D eigenvalue weighted by atomic mass is 9.82. The summed E-state index contributed by atoms with van der Waals surface area (Å²) in [4.78, 5) is 14.3. The van der Waals surface area contributed by atoms with Crippen LogP contribution < -0.4 is 0 Å². The zero-order valence-corrected chi connectivity index (χ0v) is 33.6. The van der Waals surface area contributed by atoms with Gasteiger partial charge >= 0.3 is 0 Å². The molecule has 0 unspecified atom stereocenters. The van der Waals surface area contributed by atoms with Gasteiger partial charge in [-0.15, -0.1) is 0 Å². The van der Waals surface area contributed by atoms with Crippen LogP contribution >= 0.6 is 0 Å². The highest BCUT2D eigenvalue weighted by atomic mass is 16.3. The standard InChI is InChI=1S/C40H26N4O.C15H14/c1-25-41-39(26-11-4-2-5-12-26)43-40(42-25)31-16-10-18-37-38(31)33-24-28(20-22-36(33)45-37)27-19-21-35-32(23-27)30-15-8-9-17-34(30)44(35)29-13-6-3-7-14-29;1-15(2)13-9-5-3-7-11(13)12-8-4-6-10-14(12)15/h2-24H,1H3;3-10H,1-2H3. The van der Waals surface area contributed by atoms with Crippen LogP contribution in [0.3, 0.4) is 0 Å². The molecular formula is C55H40N4O. The number of nitrogens with zero attached hydrogens (tertiary/aromatic N) is 4. The van der Waals surface area contributed by atoms with Crippen molar-refractivity contribution in [2.24, 2.45) is 0 Å². The molecule has 3 heterocycles. The number of aromatic nitrogens is 4. The summed E-state index contributed by atoms with van der Waals surface area (Å²) in [7, 11) is 0. The molecular weight excluding hydrogens is 733 g/mol. The van der Waals surface area contributed by atoms with Crippen molar-refractivity contribution in [3.63, 3.8) is 0 Å². The number of rotatable bonds is 4. The predicted octanol–water partition coefficient (Wildman–Crippen LogP) is 14.2. The molecule has 5 nitrogen and oxygen atoms in total. The van der Waals surface area contributed by atoms with Gasteiger partial charge in [-0.1, -0.05) is 153 Å². The Kier molecular flexibility index (Phi) is 8.31. The molecule has 5 heteroatoms. The van der Waals surface area contributed by atoms with E-state index in [-0.39, 0.29) is 5.41 Å². The maximum absolute atomic E-state index is 6.36. The minimum Gasteiger partial charge on any atom is -0.456 e. The molecule has 11 aromatic rings. The molecule has 1 aliphatic rings. The van der Waals surface area contributed by atoms with Crippen LogP contribution in [0.2, 0.25) is 0 Å². The normalized spacial score (nSPS) is 12.7. The number of fused-ring (bicyclic) bond motifs is 9. The first-order valence-electron chi connectivity index (χ1n) is 20.4. The van der Waals surface area contributed by atoms with E-state index in [0.29, 0.717) is 17.5 Å². The van der Waals surface area contributed by atoms with Gasteiger partial charge in [-0.05, 0) is 88.8 Å². The van der Waals surface area contributed by atoms with Crippen LogP contribution in [0.1, 0.15) is 30.8 Å². The van der Waals surface area contributed by atoms with E-state index in [2.05, 4.69) is 169 Å². The van der Waals surface area contributed by atoms with Crippen molar-refractivity contribution in [3.05, 3.63) is 205 Å². The Balaban J connectivity index is 0.000000228. The highest BCUT2D eigenvalue weighted by Gasteiger charge is 2.34. The number of benzene rings is 8. The van der Waals surface area contributed by atoms with Crippen molar-refractivity contribution in [1.29, 1.82) is 0 Å². The van der Waals surface area contributed by atoms with Crippen LogP contribution in [0.4, 0.5) is 0 Å². The molecule has 0 amide bonds. The van der Waals surface area contributed by atoms with Gasteiger partial charge in [0.15, 0.2) is 11.6 Å². The fourth-order valence-electron chi connectivity index (χ4n) is 9.19. The van der Waals surface area contributed by atoms with E-state index in [1.165, 1.54) is 44.1 Å². The monoisotopic (exact) mass is 772 g/mol. The summed E-state index contributed by atoms with van der Waals surface area (Å²) in [5, 5.41) is 4.48. The lowest BCUT2D eigenvalue weighted by Crippen LogP contribution is -2.14. The van der Waals surface area contributed by atoms with Gasteiger partial charge in [-0.3, -0.25) is 0 Å². The summed E-state index contributed by atoms with van der Waals surface area (Å²) >= 11 is 0. The number of furan rings is 1. The van der Waals surface area contributed by atoms with E-state index < -0.39 is 0 Å².